The minimum absolute atomic E-state index is 0.0444. The average molecular weight is 533 g/mol. The van der Waals surface area contributed by atoms with Gasteiger partial charge in [-0.2, -0.15) is 10.2 Å². The summed E-state index contributed by atoms with van der Waals surface area (Å²) in [7, 11) is 0. The summed E-state index contributed by atoms with van der Waals surface area (Å²) in [5.74, 6) is 0.0143. The maximum Gasteiger partial charge on any atom is 0.225 e. The molecule has 0 unspecified atom stereocenters. The van der Waals surface area contributed by atoms with Gasteiger partial charge < -0.3 is 4.90 Å². The number of rotatable bonds is 6. The van der Waals surface area contributed by atoms with Crippen molar-refractivity contribution in [3.05, 3.63) is 94.4 Å². The third-order valence-electron chi connectivity index (χ3n) is 7.27. The Morgan fingerprint density at radius 1 is 0.868 bits per heavy atom. The van der Waals surface area contributed by atoms with Gasteiger partial charge in [-0.15, -0.1) is 0 Å². The minimum Gasteiger partial charge on any atom is -0.349 e. The van der Waals surface area contributed by atoms with Crippen LogP contribution in [-0.4, -0.2) is 45.0 Å². The summed E-state index contributed by atoms with van der Waals surface area (Å²) in [6.45, 7) is 5.56. The van der Waals surface area contributed by atoms with Crippen LogP contribution >= 0.6 is 11.6 Å². The number of pyridine rings is 1. The van der Waals surface area contributed by atoms with Crippen LogP contribution in [0.2, 0.25) is 5.28 Å². The number of fused-ring (bicyclic) bond motifs is 1. The van der Waals surface area contributed by atoms with Gasteiger partial charge in [0.05, 0.1) is 11.6 Å². The molecule has 5 rings (SSSR count). The third kappa shape index (κ3) is 5.04. The maximum absolute atomic E-state index is 13.8. The highest BCUT2D eigenvalue weighted by molar-refractivity contribution is 6.28. The number of anilines is 1. The molecule has 6 nitrogen and oxygen atoms in total. The lowest BCUT2D eigenvalue weighted by Crippen LogP contribution is -2.59. The smallest absolute Gasteiger partial charge is 0.225 e. The van der Waals surface area contributed by atoms with Crippen molar-refractivity contribution in [1.29, 1.82) is 5.26 Å². The Kier molecular flexibility index (Phi) is 7.50. The van der Waals surface area contributed by atoms with Gasteiger partial charge in [-0.1, -0.05) is 38.1 Å². The van der Waals surface area contributed by atoms with E-state index in [9.17, 15) is 14.0 Å². The third-order valence-corrected chi connectivity index (χ3v) is 7.44. The van der Waals surface area contributed by atoms with E-state index in [1.54, 1.807) is 36.4 Å². The highest BCUT2D eigenvalue weighted by Gasteiger charge is 2.38. The molecule has 0 amide bonds. The lowest BCUT2D eigenvalue weighted by molar-refractivity contribution is 0.110. The highest BCUT2D eigenvalue weighted by atomic mass is 35.5. The first kappa shape index (κ1) is 26.0. The molecule has 3 heterocycles. The van der Waals surface area contributed by atoms with Gasteiger partial charge in [0.15, 0.2) is 5.82 Å². The van der Waals surface area contributed by atoms with E-state index in [0.717, 1.165) is 24.0 Å². The molecule has 0 bridgehead atoms. The fourth-order valence-electron chi connectivity index (χ4n) is 5.36. The van der Waals surface area contributed by atoms with Gasteiger partial charge in [-0.3, -0.25) is 4.90 Å². The maximum atomic E-state index is 13.8. The Hall–Kier alpha value is -3.67. The zero-order valence-corrected chi connectivity index (χ0v) is 21.9. The molecule has 2 aromatic carbocycles. The first-order valence-electron chi connectivity index (χ1n) is 12.7. The van der Waals surface area contributed by atoms with Crippen LogP contribution in [0.4, 0.5) is 14.6 Å². The van der Waals surface area contributed by atoms with E-state index in [0.29, 0.717) is 29.9 Å². The van der Waals surface area contributed by atoms with Crippen molar-refractivity contribution in [1.82, 2.24) is 19.9 Å². The van der Waals surface area contributed by atoms with Crippen LogP contribution in [0.15, 0.2) is 60.7 Å². The van der Waals surface area contributed by atoms with Crippen LogP contribution < -0.4 is 4.90 Å². The molecule has 0 aliphatic carbocycles. The van der Waals surface area contributed by atoms with Crippen molar-refractivity contribution in [2.75, 3.05) is 18.0 Å². The zero-order valence-electron chi connectivity index (χ0n) is 21.2. The molecule has 9 heteroatoms. The number of halogens is 3. The zero-order chi connectivity index (χ0) is 26.8. The predicted octanol–water partition coefficient (Wildman–Crippen LogP) is 6.30. The summed E-state index contributed by atoms with van der Waals surface area (Å²) >= 11 is 6.33. The summed E-state index contributed by atoms with van der Waals surface area (Å²) < 4.78 is 27.7. The quantitative estimate of drug-likeness (QED) is 0.272. The molecule has 4 aromatic rings. The topological polar surface area (TPSA) is 68.9 Å². The van der Waals surface area contributed by atoms with Crippen LogP contribution in [0.3, 0.4) is 0 Å². The van der Waals surface area contributed by atoms with Gasteiger partial charge in [-0.25, -0.2) is 18.7 Å². The number of piperazine rings is 1. The molecule has 2 aromatic heterocycles. The van der Waals surface area contributed by atoms with Gasteiger partial charge in [0.25, 0.3) is 0 Å². The van der Waals surface area contributed by atoms with E-state index >= 15 is 0 Å². The van der Waals surface area contributed by atoms with E-state index < -0.39 is 0 Å². The van der Waals surface area contributed by atoms with E-state index in [2.05, 4.69) is 44.7 Å². The van der Waals surface area contributed by atoms with Crippen molar-refractivity contribution in [3.8, 4) is 6.07 Å². The van der Waals surface area contributed by atoms with Crippen LogP contribution in [0.5, 0.6) is 0 Å². The lowest BCUT2D eigenvalue weighted by atomic mass is 9.91. The Bertz CT molecular complexity index is 1430. The first-order valence-corrected chi connectivity index (χ1v) is 13.1. The number of hydrogen-bond acceptors (Lipinski definition) is 6. The first-order chi connectivity index (χ1) is 18.4. The number of nitriles is 1. The second-order valence-electron chi connectivity index (χ2n) is 9.47. The number of nitrogens with zero attached hydrogens (tertiary/aromatic N) is 6. The molecule has 0 N–H and O–H groups in total. The average Bonchev–Trinajstić information content (AvgIpc) is 2.94. The molecule has 194 valence electrons. The van der Waals surface area contributed by atoms with Crippen molar-refractivity contribution < 1.29 is 8.78 Å². The lowest BCUT2D eigenvalue weighted by Gasteiger charge is -2.50. The summed E-state index contributed by atoms with van der Waals surface area (Å²) in [5, 5.41) is 9.56. The molecule has 2 atom stereocenters. The predicted molar refractivity (Wildman–Crippen MR) is 144 cm³/mol. The summed E-state index contributed by atoms with van der Waals surface area (Å²) in [4.78, 5) is 18.1. The molecule has 0 radical (unpaired) electrons. The van der Waals surface area contributed by atoms with Crippen LogP contribution in [-0.2, 0) is 0 Å². The Morgan fingerprint density at radius 3 is 2.03 bits per heavy atom. The normalized spacial score (nSPS) is 18.2. The van der Waals surface area contributed by atoms with Crippen molar-refractivity contribution in [3.63, 3.8) is 0 Å². The second-order valence-corrected chi connectivity index (χ2v) is 9.81. The SMILES string of the molecule is CC[C@H]1CN(C(c2ccc(F)cc2)c2ccc(F)cc2)[C@H](CC)CN1c1nc(Cl)nc2ccc(C#N)nc12. The number of aromatic nitrogens is 3. The van der Waals surface area contributed by atoms with E-state index in [1.165, 1.54) is 24.3 Å². The van der Waals surface area contributed by atoms with Crippen LogP contribution in [0, 0.1) is 23.0 Å². The Labute approximate surface area is 225 Å². The largest absolute Gasteiger partial charge is 0.349 e. The van der Waals surface area contributed by atoms with Crippen molar-refractivity contribution in [2.45, 2.75) is 44.8 Å². The van der Waals surface area contributed by atoms with Crippen LogP contribution in [0.25, 0.3) is 11.0 Å². The Balaban J connectivity index is 1.58. The monoisotopic (exact) mass is 532 g/mol. The molecular weight excluding hydrogens is 506 g/mol. The standard InChI is InChI=1S/C29H27ClF2N6/c1-3-23-17-38(28-26-25(35-29(30)36-28)14-13-22(15-33)34-26)24(4-2)16-37(23)27(18-5-9-20(31)10-6-18)19-7-11-21(32)12-8-19/h5-14,23-24,27H,3-4,16-17H2,1-2H3/t23-,24+/m1/s1. The summed E-state index contributed by atoms with van der Waals surface area (Å²) in [6.07, 6.45) is 1.65. The van der Waals surface area contributed by atoms with Crippen molar-refractivity contribution >= 4 is 28.5 Å². The second kappa shape index (κ2) is 11.0. The molecule has 0 spiro atoms. The fourth-order valence-corrected chi connectivity index (χ4v) is 5.53. The summed E-state index contributed by atoms with van der Waals surface area (Å²) in [6, 6.07) is 18.5. The highest BCUT2D eigenvalue weighted by Crippen LogP contribution is 2.37. The van der Waals surface area contributed by atoms with E-state index in [4.69, 9.17) is 11.6 Å². The minimum atomic E-state index is -0.299. The van der Waals surface area contributed by atoms with Gasteiger partial charge in [-0.05, 0) is 72.0 Å². The van der Waals surface area contributed by atoms with Gasteiger partial charge in [0.1, 0.15) is 28.9 Å². The Morgan fingerprint density at radius 2 is 1.47 bits per heavy atom. The number of benzene rings is 2. The van der Waals surface area contributed by atoms with Gasteiger partial charge in [0.2, 0.25) is 5.28 Å². The van der Waals surface area contributed by atoms with E-state index in [-0.39, 0.29) is 40.7 Å². The molecule has 1 saturated heterocycles. The van der Waals surface area contributed by atoms with Crippen molar-refractivity contribution in [2.24, 2.45) is 0 Å². The molecule has 1 fully saturated rings. The molecule has 1 aliphatic heterocycles. The number of hydrogen-bond donors (Lipinski definition) is 0. The molecular formula is C29H27ClF2N6. The molecule has 38 heavy (non-hydrogen) atoms. The van der Waals surface area contributed by atoms with Crippen LogP contribution in [0.1, 0.15) is 49.6 Å². The van der Waals surface area contributed by atoms with E-state index in [1.807, 2.05) is 0 Å². The van der Waals surface area contributed by atoms with Gasteiger partial charge >= 0.3 is 0 Å². The van der Waals surface area contributed by atoms with Gasteiger partial charge in [0, 0.05) is 25.2 Å². The molecule has 0 saturated carbocycles. The summed E-state index contributed by atoms with van der Waals surface area (Å²) in [5.41, 5.74) is 3.30. The fraction of sp³-hybridized carbons (Fsp3) is 0.310. The molecule has 1 aliphatic rings.